The monoisotopic (exact) mass is 253 g/mol. The van der Waals surface area contributed by atoms with E-state index >= 15 is 0 Å². The van der Waals surface area contributed by atoms with Gasteiger partial charge in [0, 0.05) is 12.5 Å². The van der Waals surface area contributed by atoms with E-state index < -0.39 is 0 Å². The van der Waals surface area contributed by atoms with Crippen LogP contribution in [0.3, 0.4) is 0 Å². The smallest absolute Gasteiger partial charge is 0.217 e. The van der Waals surface area contributed by atoms with E-state index in [1.165, 1.54) is 6.92 Å². The summed E-state index contributed by atoms with van der Waals surface area (Å²) in [7, 11) is 0. The summed E-state index contributed by atoms with van der Waals surface area (Å²) in [6.07, 6.45) is 0. The second-order valence-electron chi connectivity index (χ2n) is 4.66. The quantitative estimate of drug-likeness (QED) is 0.848. The highest BCUT2D eigenvalue weighted by atomic mass is 16.5. The number of carbonyl (C=O) groups is 1. The summed E-state index contributed by atoms with van der Waals surface area (Å²) >= 11 is 0. The maximum absolute atomic E-state index is 11.5. The second kappa shape index (κ2) is 4.76. The van der Waals surface area contributed by atoms with Crippen LogP contribution in [0, 0.1) is 0 Å². The molecule has 96 valence electrons. The molecule has 1 heterocycles. The van der Waals surface area contributed by atoms with Gasteiger partial charge in [0.1, 0.15) is 12.4 Å². The topological polar surface area (TPSA) is 38.3 Å². The van der Waals surface area contributed by atoms with Crippen molar-refractivity contribution in [3.63, 3.8) is 0 Å². The maximum atomic E-state index is 11.5. The van der Waals surface area contributed by atoms with Gasteiger partial charge in [-0.15, -0.1) is 0 Å². The fraction of sp³-hybridized carbons (Fsp3) is 0.188. The highest BCUT2D eigenvalue weighted by molar-refractivity contribution is 5.74. The number of benzene rings is 2. The van der Waals surface area contributed by atoms with Gasteiger partial charge in [-0.2, -0.15) is 0 Å². The molecule has 3 rings (SSSR count). The normalized spacial score (nSPS) is 16.6. The summed E-state index contributed by atoms with van der Waals surface area (Å²) in [6.45, 7) is 2.07. The van der Waals surface area contributed by atoms with Crippen LogP contribution in [0.25, 0.3) is 0 Å². The first-order chi connectivity index (χ1) is 9.25. The fourth-order valence-corrected chi connectivity index (χ4v) is 2.48. The summed E-state index contributed by atoms with van der Waals surface area (Å²) in [5, 5.41) is 3.02. The maximum Gasteiger partial charge on any atom is 0.217 e. The molecule has 2 aromatic rings. The van der Waals surface area contributed by atoms with E-state index in [0.29, 0.717) is 6.61 Å². The molecule has 0 radical (unpaired) electrons. The predicted molar refractivity (Wildman–Crippen MR) is 72.9 cm³/mol. The molecule has 0 spiro atoms. The van der Waals surface area contributed by atoms with Crippen molar-refractivity contribution >= 4 is 5.91 Å². The number of rotatable bonds is 1. The number of ether oxygens (including phenoxy) is 1. The average molecular weight is 253 g/mol. The van der Waals surface area contributed by atoms with Crippen LogP contribution in [0.5, 0.6) is 5.75 Å². The van der Waals surface area contributed by atoms with Crippen LogP contribution in [-0.2, 0) is 11.4 Å². The third kappa shape index (κ3) is 2.19. The molecule has 0 bridgehead atoms. The molecule has 0 aliphatic carbocycles. The van der Waals surface area contributed by atoms with Crippen LogP contribution in [0.4, 0.5) is 0 Å². The Kier molecular flexibility index (Phi) is 2.95. The zero-order valence-electron chi connectivity index (χ0n) is 10.7. The van der Waals surface area contributed by atoms with Gasteiger partial charge in [0.05, 0.1) is 6.04 Å². The Bertz CT molecular complexity index is 574. The lowest BCUT2D eigenvalue weighted by Gasteiger charge is -2.19. The van der Waals surface area contributed by atoms with Gasteiger partial charge in [0.25, 0.3) is 0 Å². The Labute approximate surface area is 112 Å². The molecular weight excluding hydrogens is 238 g/mol. The largest absolute Gasteiger partial charge is 0.489 e. The molecule has 1 aliphatic heterocycles. The van der Waals surface area contributed by atoms with E-state index in [2.05, 4.69) is 5.32 Å². The molecule has 0 unspecified atom stereocenters. The molecule has 0 aromatic heterocycles. The lowest BCUT2D eigenvalue weighted by molar-refractivity contribution is -0.119. The molecule has 19 heavy (non-hydrogen) atoms. The van der Waals surface area contributed by atoms with Crippen molar-refractivity contribution in [3.8, 4) is 5.75 Å². The van der Waals surface area contributed by atoms with E-state index in [1.807, 2.05) is 48.5 Å². The number of para-hydroxylation sites is 1. The van der Waals surface area contributed by atoms with E-state index in [1.54, 1.807) is 0 Å². The molecule has 3 nitrogen and oxygen atoms in total. The summed E-state index contributed by atoms with van der Waals surface area (Å²) in [6, 6.07) is 15.8. The zero-order valence-corrected chi connectivity index (χ0v) is 10.7. The Morgan fingerprint density at radius 1 is 1.11 bits per heavy atom. The van der Waals surface area contributed by atoms with Gasteiger partial charge < -0.3 is 10.1 Å². The van der Waals surface area contributed by atoms with E-state index in [4.69, 9.17) is 4.74 Å². The van der Waals surface area contributed by atoms with E-state index in [9.17, 15) is 4.79 Å². The highest BCUT2D eigenvalue weighted by Gasteiger charge is 2.24. The second-order valence-corrected chi connectivity index (χ2v) is 4.66. The third-order valence-corrected chi connectivity index (χ3v) is 3.33. The van der Waals surface area contributed by atoms with Crippen LogP contribution in [0.2, 0.25) is 0 Å². The third-order valence-electron chi connectivity index (χ3n) is 3.33. The van der Waals surface area contributed by atoms with Gasteiger partial charge in [0.15, 0.2) is 0 Å². The van der Waals surface area contributed by atoms with Crippen molar-refractivity contribution < 1.29 is 9.53 Å². The Balaban J connectivity index is 2.16. The van der Waals surface area contributed by atoms with Crippen LogP contribution in [-0.4, -0.2) is 5.91 Å². The van der Waals surface area contributed by atoms with E-state index in [-0.39, 0.29) is 11.9 Å². The molecule has 0 saturated carbocycles. The molecule has 0 fully saturated rings. The lowest BCUT2D eigenvalue weighted by atomic mass is 9.95. The highest BCUT2D eigenvalue weighted by Crippen LogP contribution is 2.35. The van der Waals surface area contributed by atoms with Crippen molar-refractivity contribution in [2.24, 2.45) is 0 Å². The molecule has 1 N–H and O–H groups in total. The van der Waals surface area contributed by atoms with Crippen molar-refractivity contribution in [1.82, 2.24) is 5.32 Å². The van der Waals surface area contributed by atoms with Crippen molar-refractivity contribution in [1.29, 1.82) is 0 Å². The number of amides is 1. The van der Waals surface area contributed by atoms with E-state index in [0.717, 1.165) is 22.4 Å². The van der Waals surface area contributed by atoms with Gasteiger partial charge in [0.2, 0.25) is 5.91 Å². The van der Waals surface area contributed by atoms with Crippen LogP contribution >= 0.6 is 0 Å². The minimum atomic E-state index is -0.146. The van der Waals surface area contributed by atoms with Gasteiger partial charge in [-0.25, -0.2) is 0 Å². The van der Waals surface area contributed by atoms with Gasteiger partial charge in [-0.1, -0.05) is 42.5 Å². The molecule has 1 atom stereocenters. The Morgan fingerprint density at radius 3 is 2.58 bits per heavy atom. The van der Waals surface area contributed by atoms with Crippen LogP contribution < -0.4 is 10.1 Å². The molecule has 0 saturated heterocycles. The SMILES string of the molecule is CC(=O)N[C@H]1c2ccccc2COc2ccccc21. The molecule has 1 aliphatic rings. The number of hydrogen-bond donors (Lipinski definition) is 1. The standard InChI is InChI=1S/C16H15NO2/c1-11(18)17-16-13-7-3-2-6-12(13)10-19-15-9-5-4-8-14(15)16/h2-9,16H,10H2,1H3,(H,17,18)/t16-/m0/s1. The summed E-state index contributed by atoms with van der Waals surface area (Å²) in [4.78, 5) is 11.5. The van der Waals surface area contributed by atoms with Crippen molar-refractivity contribution in [3.05, 3.63) is 65.2 Å². The van der Waals surface area contributed by atoms with Crippen molar-refractivity contribution in [2.75, 3.05) is 0 Å². The van der Waals surface area contributed by atoms with Gasteiger partial charge >= 0.3 is 0 Å². The number of carbonyl (C=O) groups excluding carboxylic acids is 1. The summed E-state index contributed by atoms with van der Waals surface area (Å²) in [5.74, 6) is 0.786. The number of hydrogen-bond acceptors (Lipinski definition) is 2. The first kappa shape index (κ1) is 11.8. The molecule has 3 heteroatoms. The number of fused-ring (bicyclic) bond motifs is 2. The summed E-state index contributed by atoms with van der Waals surface area (Å²) in [5.41, 5.74) is 3.21. The average Bonchev–Trinajstić information content (AvgIpc) is 2.57. The van der Waals surface area contributed by atoms with Crippen LogP contribution in [0.1, 0.15) is 29.7 Å². The molecular formula is C16H15NO2. The zero-order chi connectivity index (χ0) is 13.2. The minimum absolute atomic E-state index is 0.0449. The molecule has 1 amide bonds. The first-order valence-electron chi connectivity index (χ1n) is 6.32. The Morgan fingerprint density at radius 2 is 1.79 bits per heavy atom. The molecule has 2 aromatic carbocycles. The van der Waals surface area contributed by atoms with Crippen LogP contribution in [0.15, 0.2) is 48.5 Å². The van der Waals surface area contributed by atoms with Crippen molar-refractivity contribution in [2.45, 2.75) is 19.6 Å². The summed E-state index contributed by atoms with van der Waals surface area (Å²) < 4.78 is 5.84. The van der Waals surface area contributed by atoms with Gasteiger partial charge in [-0.3, -0.25) is 4.79 Å². The predicted octanol–water partition coefficient (Wildman–Crippen LogP) is 2.80. The fourth-order valence-electron chi connectivity index (χ4n) is 2.48. The number of nitrogens with one attached hydrogen (secondary N) is 1. The lowest BCUT2D eigenvalue weighted by Crippen LogP contribution is -2.27. The van der Waals surface area contributed by atoms with Gasteiger partial charge in [-0.05, 0) is 17.2 Å². The first-order valence-corrected chi connectivity index (χ1v) is 6.32. The Hall–Kier alpha value is -2.29. The minimum Gasteiger partial charge on any atom is -0.489 e.